The number of fused-ring (bicyclic) bond motifs is 2. The molecule has 0 amide bonds. The minimum atomic E-state index is -0.726. The number of hydrogen-bond donors (Lipinski definition) is 3. The summed E-state index contributed by atoms with van der Waals surface area (Å²) in [6, 6.07) is 15.9. The average molecular weight is 487 g/mol. The van der Waals surface area contributed by atoms with Crippen LogP contribution in [0.1, 0.15) is 37.4 Å². The van der Waals surface area contributed by atoms with Crippen LogP contribution in [0.15, 0.2) is 54.9 Å². The molecule has 6 rings (SSSR count). The molecule has 1 aliphatic carbocycles. The molecule has 9 heteroatoms. The Balaban J connectivity index is 1.48. The molecule has 5 aromatic rings. The fourth-order valence-corrected chi connectivity index (χ4v) is 5.45. The number of rotatable bonds is 4. The summed E-state index contributed by atoms with van der Waals surface area (Å²) in [7, 11) is 0. The molecule has 8 nitrogen and oxygen atoms in total. The number of halogens is 1. The summed E-state index contributed by atoms with van der Waals surface area (Å²) in [6.45, 7) is 0. The normalized spacial score (nSPS) is 18.3. The van der Waals surface area contributed by atoms with Crippen LogP contribution in [0.3, 0.4) is 0 Å². The monoisotopic (exact) mass is 486 g/mol. The van der Waals surface area contributed by atoms with Crippen LogP contribution in [-0.2, 0) is 4.79 Å². The molecule has 2 aromatic carbocycles. The number of para-hydroxylation sites is 1. The van der Waals surface area contributed by atoms with E-state index < -0.39 is 5.97 Å². The van der Waals surface area contributed by atoms with Crippen LogP contribution in [-0.4, -0.2) is 35.6 Å². The largest absolute Gasteiger partial charge is 0.481 e. The molecular formula is C26H23ClN6O2. The Bertz CT molecular complexity index is 1580. The van der Waals surface area contributed by atoms with Crippen molar-refractivity contribution in [2.75, 3.05) is 5.73 Å². The second-order valence-electron chi connectivity index (χ2n) is 9.04. The van der Waals surface area contributed by atoms with Gasteiger partial charge in [-0.25, -0.2) is 14.5 Å². The number of imidazole rings is 1. The second kappa shape index (κ2) is 8.39. The van der Waals surface area contributed by atoms with Crippen molar-refractivity contribution in [3.63, 3.8) is 0 Å². The molecule has 1 fully saturated rings. The third kappa shape index (κ3) is 3.61. The molecule has 4 N–H and O–H groups in total. The number of nitrogen functional groups attached to an aromatic ring is 1. The van der Waals surface area contributed by atoms with E-state index >= 15 is 0 Å². The molecule has 1 aliphatic rings. The van der Waals surface area contributed by atoms with E-state index in [0.717, 1.165) is 46.4 Å². The molecule has 35 heavy (non-hydrogen) atoms. The van der Waals surface area contributed by atoms with Crippen LogP contribution in [0.25, 0.3) is 38.9 Å². The molecule has 3 heterocycles. The Kier molecular flexibility index (Phi) is 5.18. The van der Waals surface area contributed by atoms with E-state index in [1.54, 1.807) is 4.52 Å². The molecule has 0 atom stereocenters. The van der Waals surface area contributed by atoms with Crippen LogP contribution in [0.5, 0.6) is 0 Å². The summed E-state index contributed by atoms with van der Waals surface area (Å²) < 4.78 is 1.77. The molecule has 0 unspecified atom stereocenters. The van der Waals surface area contributed by atoms with E-state index in [2.05, 4.69) is 21.1 Å². The van der Waals surface area contributed by atoms with Crippen LogP contribution in [0.2, 0.25) is 5.02 Å². The van der Waals surface area contributed by atoms with Gasteiger partial charge in [-0.3, -0.25) is 4.79 Å². The number of H-pyrrole nitrogens is 1. The van der Waals surface area contributed by atoms with Crippen LogP contribution < -0.4 is 5.73 Å². The summed E-state index contributed by atoms with van der Waals surface area (Å²) in [6.07, 6.45) is 4.16. The van der Waals surface area contributed by atoms with Crippen LogP contribution >= 0.6 is 11.6 Å². The van der Waals surface area contributed by atoms with Gasteiger partial charge in [0.1, 0.15) is 23.4 Å². The zero-order valence-electron chi connectivity index (χ0n) is 18.8. The molecule has 0 spiro atoms. The first-order valence-corrected chi connectivity index (χ1v) is 12.0. The minimum absolute atomic E-state index is 0.101. The van der Waals surface area contributed by atoms with Gasteiger partial charge in [0.25, 0.3) is 0 Å². The summed E-state index contributed by atoms with van der Waals surface area (Å²) in [5, 5.41) is 15.5. The predicted molar refractivity (Wildman–Crippen MR) is 135 cm³/mol. The van der Waals surface area contributed by atoms with Crippen LogP contribution in [0, 0.1) is 5.92 Å². The van der Waals surface area contributed by atoms with Crippen molar-refractivity contribution < 1.29 is 9.90 Å². The molecule has 0 radical (unpaired) electrons. The maximum absolute atomic E-state index is 11.4. The second-order valence-corrected chi connectivity index (χ2v) is 9.45. The number of hydrogen-bond acceptors (Lipinski definition) is 5. The van der Waals surface area contributed by atoms with Crippen molar-refractivity contribution in [2.24, 2.45) is 5.92 Å². The summed E-state index contributed by atoms with van der Waals surface area (Å²) in [4.78, 5) is 24.2. The van der Waals surface area contributed by atoms with E-state index in [0.29, 0.717) is 34.9 Å². The third-order valence-electron chi connectivity index (χ3n) is 7.00. The number of nitrogens with two attached hydrogens (primary N) is 1. The third-order valence-corrected chi connectivity index (χ3v) is 7.33. The highest BCUT2D eigenvalue weighted by atomic mass is 35.5. The Labute approximate surface area is 205 Å². The van der Waals surface area contributed by atoms with E-state index in [1.807, 2.05) is 42.5 Å². The van der Waals surface area contributed by atoms with Gasteiger partial charge in [-0.1, -0.05) is 48.0 Å². The van der Waals surface area contributed by atoms with Crippen molar-refractivity contribution in [3.8, 4) is 22.5 Å². The lowest BCUT2D eigenvalue weighted by Crippen LogP contribution is -2.21. The highest BCUT2D eigenvalue weighted by molar-refractivity contribution is 6.33. The molecular weight excluding hydrogens is 464 g/mol. The summed E-state index contributed by atoms with van der Waals surface area (Å²) >= 11 is 6.50. The number of aromatic amines is 1. The van der Waals surface area contributed by atoms with E-state index in [1.165, 1.54) is 6.33 Å². The average Bonchev–Trinajstić information content (AvgIpc) is 3.47. The van der Waals surface area contributed by atoms with E-state index in [4.69, 9.17) is 22.3 Å². The van der Waals surface area contributed by atoms with Gasteiger partial charge in [-0.15, -0.1) is 0 Å². The highest BCUT2D eigenvalue weighted by Gasteiger charge is 2.31. The lowest BCUT2D eigenvalue weighted by Gasteiger charge is -2.24. The Morgan fingerprint density at radius 1 is 1.09 bits per heavy atom. The Morgan fingerprint density at radius 3 is 2.63 bits per heavy atom. The number of carboxylic acid groups (broad SMARTS) is 1. The van der Waals surface area contributed by atoms with Crippen molar-refractivity contribution in [1.29, 1.82) is 0 Å². The van der Waals surface area contributed by atoms with Crippen molar-refractivity contribution in [2.45, 2.75) is 31.6 Å². The number of carbonyl (C=O) groups is 1. The number of nitrogens with one attached hydrogen (secondary N) is 1. The lowest BCUT2D eigenvalue weighted by atomic mass is 9.82. The zero-order valence-corrected chi connectivity index (χ0v) is 19.5. The zero-order chi connectivity index (χ0) is 24.1. The molecule has 176 valence electrons. The summed E-state index contributed by atoms with van der Waals surface area (Å²) in [5.41, 5.74) is 11.3. The number of anilines is 1. The van der Waals surface area contributed by atoms with Crippen LogP contribution in [0.4, 0.5) is 5.82 Å². The van der Waals surface area contributed by atoms with Crippen molar-refractivity contribution >= 4 is 39.8 Å². The predicted octanol–water partition coefficient (Wildman–Crippen LogP) is 5.53. The van der Waals surface area contributed by atoms with Gasteiger partial charge < -0.3 is 15.8 Å². The first-order valence-electron chi connectivity index (χ1n) is 11.6. The van der Waals surface area contributed by atoms with Gasteiger partial charge in [-0.2, -0.15) is 5.10 Å². The molecule has 0 aliphatic heterocycles. The molecule has 3 aromatic heterocycles. The van der Waals surface area contributed by atoms with Crippen molar-refractivity contribution in [1.82, 2.24) is 24.6 Å². The minimum Gasteiger partial charge on any atom is -0.481 e. The van der Waals surface area contributed by atoms with Gasteiger partial charge in [-0.05, 0) is 37.8 Å². The Hall–Kier alpha value is -3.91. The number of aromatic nitrogens is 5. The van der Waals surface area contributed by atoms with Gasteiger partial charge >= 0.3 is 5.97 Å². The number of nitrogens with zero attached hydrogens (tertiary/aromatic N) is 4. The first kappa shape index (κ1) is 21.6. The fraction of sp³-hybridized carbons (Fsp3) is 0.231. The topological polar surface area (TPSA) is 122 Å². The van der Waals surface area contributed by atoms with E-state index in [-0.39, 0.29) is 11.8 Å². The fourth-order valence-electron chi connectivity index (χ4n) is 5.22. The first-order chi connectivity index (χ1) is 17.0. The van der Waals surface area contributed by atoms with Gasteiger partial charge in [0.15, 0.2) is 5.82 Å². The van der Waals surface area contributed by atoms with Crippen molar-refractivity contribution in [3.05, 3.63) is 65.7 Å². The molecule has 0 saturated heterocycles. The standard InChI is InChI=1S/C26H23ClN6O2/c27-19-7-2-1-5-17(19)18-6-3-4-16-12-20(31-21(16)18)22-23-24(28)29-13-30-33(23)25(32-22)14-8-10-15(11-9-14)26(34)35/h1-7,12-15,31H,8-11H2,(H,34,35)(H2,28,29,30). The lowest BCUT2D eigenvalue weighted by molar-refractivity contribution is -0.142. The molecule has 1 saturated carbocycles. The van der Waals surface area contributed by atoms with Gasteiger partial charge in [0.2, 0.25) is 0 Å². The number of carboxylic acids is 1. The van der Waals surface area contributed by atoms with E-state index in [9.17, 15) is 9.90 Å². The maximum Gasteiger partial charge on any atom is 0.306 e. The Morgan fingerprint density at radius 2 is 1.86 bits per heavy atom. The number of aliphatic carboxylic acids is 1. The van der Waals surface area contributed by atoms with Gasteiger partial charge in [0.05, 0.1) is 17.1 Å². The maximum atomic E-state index is 11.4. The number of benzene rings is 2. The smallest absolute Gasteiger partial charge is 0.306 e. The highest BCUT2D eigenvalue weighted by Crippen LogP contribution is 2.40. The quantitative estimate of drug-likeness (QED) is 0.307. The van der Waals surface area contributed by atoms with Gasteiger partial charge in [0, 0.05) is 27.5 Å². The molecule has 0 bridgehead atoms. The summed E-state index contributed by atoms with van der Waals surface area (Å²) in [5.74, 6) is 0.213. The SMILES string of the molecule is Nc1ncnn2c(C3CCC(C(=O)O)CC3)nc(-c3cc4cccc(-c5ccccc5Cl)c4[nH]3)c12.